The minimum absolute atomic E-state index is 0.114. The predicted molar refractivity (Wildman–Crippen MR) is 143 cm³/mol. The van der Waals surface area contributed by atoms with E-state index in [2.05, 4.69) is 25.1 Å². The quantitative estimate of drug-likeness (QED) is 0.170. The van der Waals surface area contributed by atoms with Gasteiger partial charge in [0.15, 0.2) is 12.1 Å². The zero-order valence-corrected chi connectivity index (χ0v) is 23.4. The van der Waals surface area contributed by atoms with Gasteiger partial charge in [-0.05, 0) is 30.0 Å². The Hall–Kier alpha value is -4.48. The van der Waals surface area contributed by atoms with Crippen LogP contribution in [-0.2, 0) is 16.8 Å². The molecule has 3 rings (SSSR count). The number of nitrogens with zero attached hydrogens (tertiary/aromatic N) is 4. The SMILES string of the molecule is CN(/C=C\c1cc(-c2ncc(C(C)(F)F)cn2)c(F)cc1C=O)CC(F)CC(COC(F)F)Nc1cn[nH]c(=O)c1C(F)(F)F. The number of alkyl halides is 8. The first kappa shape index (κ1) is 35.0. The predicted octanol–water partition coefficient (Wildman–Crippen LogP) is 5.66. The summed E-state index contributed by atoms with van der Waals surface area (Å²) in [5, 5.41) is 7.07. The van der Waals surface area contributed by atoms with Gasteiger partial charge in [0.1, 0.15) is 17.6 Å². The molecule has 0 aliphatic rings. The summed E-state index contributed by atoms with van der Waals surface area (Å²) in [6, 6.07) is 0.575. The first-order chi connectivity index (χ1) is 21.0. The number of H-pyrrole nitrogens is 1. The molecule has 2 aromatic heterocycles. The topological polar surface area (TPSA) is 113 Å². The Kier molecular flexibility index (Phi) is 11.3. The van der Waals surface area contributed by atoms with E-state index in [-0.39, 0.29) is 22.5 Å². The molecule has 0 spiro atoms. The first-order valence-electron chi connectivity index (χ1n) is 12.8. The van der Waals surface area contributed by atoms with Crippen molar-refractivity contribution in [1.82, 2.24) is 25.1 Å². The number of anilines is 1. The maximum absolute atomic E-state index is 15.0. The van der Waals surface area contributed by atoms with Gasteiger partial charge in [0.25, 0.3) is 11.5 Å². The molecule has 244 valence electrons. The van der Waals surface area contributed by atoms with Gasteiger partial charge in [-0.25, -0.2) is 32.6 Å². The van der Waals surface area contributed by atoms with Gasteiger partial charge in [-0.3, -0.25) is 9.59 Å². The molecule has 2 N–H and O–H groups in total. The van der Waals surface area contributed by atoms with Crippen molar-refractivity contribution in [3.8, 4) is 11.4 Å². The lowest BCUT2D eigenvalue weighted by Gasteiger charge is -2.25. The molecule has 0 amide bonds. The van der Waals surface area contributed by atoms with Crippen molar-refractivity contribution in [1.29, 1.82) is 0 Å². The molecule has 1 aromatic carbocycles. The fourth-order valence-electron chi connectivity index (χ4n) is 4.05. The summed E-state index contributed by atoms with van der Waals surface area (Å²) >= 11 is 0. The zero-order chi connectivity index (χ0) is 33.5. The molecule has 45 heavy (non-hydrogen) atoms. The molecule has 0 radical (unpaired) electrons. The van der Waals surface area contributed by atoms with Crippen molar-refractivity contribution >= 4 is 18.0 Å². The summed E-state index contributed by atoms with van der Waals surface area (Å²) in [6.45, 7) is -4.06. The molecule has 2 heterocycles. The normalized spacial score (nSPS) is 13.7. The van der Waals surface area contributed by atoms with Crippen LogP contribution in [0.4, 0.5) is 45.2 Å². The smallest absolute Gasteiger partial charge is 0.378 e. The summed E-state index contributed by atoms with van der Waals surface area (Å²) in [4.78, 5) is 32.0. The van der Waals surface area contributed by atoms with Crippen molar-refractivity contribution in [3.63, 3.8) is 0 Å². The van der Waals surface area contributed by atoms with Crippen molar-refractivity contribution in [2.75, 3.05) is 25.5 Å². The molecule has 18 heteroatoms. The number of ether oxygens (including phenoxy) is 1. The van der Waals surface area contributed by atoms with Gasteiger partial charge < -0.3 is 15.0 Å². The second kappa shape index (κ2) is 14.5. The van der Waals surface area contributed by atoms with Crippen molar-refractivity contribution in [3.05, 3.63) is 75.3 Å². The highest BCUT2D eigenvalue weighted by Gasteiger charge is 2.38. The highest BCUT2D eigenvalue weighted by atomic mass is 19.4. The van der Waals surface area contributed by atoms with Crippen LogP contribution in [0.15, 0.2) is 41.7 Å². The molecule has 0 fully saturated rings. The highest BCUT2D eigenvalue weighted by molar-refractivity contribution is 5.84. The molecule has 0 saturated heterocycles. The molecular weight excluding hydrogens is 627 g/mol. The van der Waals surface area contributed by atoms with Crippen molar-refractivity contribution in [2.24, 2.45) is 0 Å². The van der Waals surface area contributed by atoms with Crippen LogP contribution in [0.25, 0.3) is 17.5 Å². The summed E-state index contributed by atoms with van der Waals surface area (Å²) < 4.78 is 126. The number of carbonyl (C=O) groups is 1. The lowest BCUT2D eigenvalue weighted by molar-refractivity contribution is -0.138. The Morgan fingerprint density at radius 2 is 1.73 bits per heavy atom. The van der Waals surface area contributed by atoms with Gasteiger partial charge in [-0.1, -0.05) is 0 Å². The van der Waals surface area contributed by atoms with E-state index in [1.54, 1.807) is 5.10 Å². The van der Waals surface area contributed by atoms with Gasteiger partial charge in [0.05, 0.1) is 35.7 Å². The minimum atomic E-state index is -5.15. The number of aromatic amines is 1. The van der Waals surface area contributed by atoms with Crippen LogP contribution in [0.2, 0.25) is 0 Å². The van der Waals surface area contributed by atoms with Crippen LogP contribution < -0.4 is 10.9 Å². The van der Waals surface area contributed by atoms with E-state index in [1.807, 2.05) is 0 Å². The molecule has 3 aromatic rings. The van der Waals surface area contributed by atoms with E-state index in [4.69, 9.17) is 0 Å². The Bertz CT molecular complexity index is 1540. The Labute approximate surface area is 249 Å². The molecular formula is C27H25F9N6O3. The standard InChI is InChI=1S/C27H25F9N6O3/c1-26(32,33)16-8-37-23(38-9-16)19-5-14(15(12-43)6-20(19)29)3-4-42(2)11-17(28)7-18(13-45-25(30)31)40-21-10-39-41-24(44)22(21)27(34,35)36/h3-6,8-10,12,17-18,25H,7,11,13H2,1-2H3,(H2,40,41,44)/b4-3-. The molecule has 0 saturated carbocycles. The summed E-state index contributed by atoms with van der Waals surface area (Å²) in [6.07, 6.45) is -2.51. The number of hydrogen-bond donors (Lipinski definition) is 2. The van der Waals surface area contributed by atoms with Gasteiger partial charge in [-0.2, -0.15) is 27.1 Å². The van der Waals surface area contributed by atoms with Crippen LogP contribution in [0, 0.1) is 5.82 Å². The average molecular weight is 653 g/mol. The third kappa shape index (κ3) is 9.75. The Morgan fingerprint density at radius 1 is 1.07 bits per heavy atom. The van der Waals surface area contributed by atoms with Crippen LogP contribution >= 0.6 is 0 Å². The first-order valence-corrected chi connectivity index (χ1v) is 12.8. The molecule has 0 bridgehead atoms. The third-order valence-electron chi connectivity index (χ3n) is 6.16. The number of halogens is 9. The number of benzene rings is 1. The van der Waals surface area contributed by atoms with Crippen LogP contribution in [-0.4, -0.2) is 70.4 Å². The molecule has 0 aliphatic heterocycles. The molecule has 9 nitrogen and oxygen atoms in total. The second-order valence-electron chi connectivity index (χ2n) is 9.77. The fraction of sp³-hybridized carbons (Fsp3) is 0.370. The maximum Gasteiger partial charge on any atom is 0.423 e. The van der Waals surface area contributed by atoms with E-state index in [0.29, 0.717) is 19.4 Å². The summed E-state index contributed by atoms with van der Waals surface area (Å²) in [5.74, 6) is -4.41. The second-order valence-corrected chi connectivity index (χ2v) is 9.77. The number of aldehydes is 1. The van der Waals surface area contributed by atoms with E-state index in [9.17, 15) is 44.7 Å². The molecule has 2 atom stereocenters. The lowest BCUT2D eigenvalue weighted by Crippen LogP contribution is -2.35. The Balaban J connectivity index is 1.77. The number of rotatable bonds is 14. The lowest BCUT2D eigenvalue weighted by atomic mass is 10.0. The monoisotopic (exact) mass is 652 g/mol. The van der Waals surface area contributed by atoms with E-state index in [0.717, 1.165) is 18.5 Å². The number of hydrogen-bond acceptors (Lipinski definition) is 8. The van der Waals surface area contributed by atoms with Crippen LogP contribution in [0.3, 0.4) is 0 Å². The molecule has 0 aliphatic carbocycles. The Morgan fingerprint density at radius 3 is 2.31 bits per heavy atom. The average Bonchev–Trinajstić information content (AvgIpc) is 2.93. The van der Waals surface area contributed by atoms with E-state index >= 15 is 4.39 Å². The third-order valence-corrected chi connectivity index (χ3v) is 6.16. The van der Waals surface area contributed by atoms with Gasteiger partial charge >= 0.3 is 12.8 Å². The van der Waals surface area contributed by atoms with E-state index in [1.165, 1.54) is 30.3 Å². The van der Waals surface area contributed by atoms with Gasteiger partial charge in [-0.15, -0.1) is 0 Å². The summed E-state index contributed by atoms with van der Waals surface area (Å²) in [7, 11) is 1.38. The number of aromatic nitrogens is 4. The maximum atomic E-state index is 15.0. The summed E-state index contributed by atoms with van der Waals surface area (Å²) in [5.41, 5.74) is -4.91. The number of nitrogens with one attached hydrogen (secondary N) is 2. The largest absolute Gasteiger partial charge is 0.423 e. The van der Waals surface area contributed by atoms with Crippen molar-refractivity contribution in [2.45, 2.75) is 44.3 Å². The van der Waals surface area contributed by atoms with Crippen LogP contribution in [0.5, 0.6) is 0 Å². The van der Waals surface area contributed by atoms with Crippen molar-refractivity contribution < 1.29 is 49.0 Å². The van der Waals surface area contributed by atoms with Crippen LogP contribution in [0.1, 0.15) is 40.4 Å². The van der Waals surface area contributed by atoms with Gasteiger partial charge in [0.2, 0.25) is 0 Å². The van der Waals surface area contributed by atoms with Gasteiger partial charge in [0, 0.05) is 44.9 Å². The molecule has 2 unspecified atom stereocenters. The minimum Gasteiger partial charge on any atom is -0.378 e. The van der Waals surface area contributed by atoms with E-state index < -0.39 is 78.7 Å². The zero-order valence-electron chi connectivity index (χ0n) is 23.4. The number of carbonyl (C=O) groups excluding carboxylic acids is 1. The fourth-order valence-corrected chi connectivity index (χ4v) is 4.05. The highest BCUT2D eigenvalue weighted by Crippen LogP contribution is 2.32.